The molecule has 63 heavy (non-hydrogen) atoms. The van der Waals surface area contributed by atoms with E-state index in [0.29, 0.717) is 50.2 Å². The van der Waals surface area contributed by atoms with Crippen LogP contribution in [-0.2, 0) is 33.6 Å². The van der Waals surface area contributed by atoms with Gasteiger partial charge in [0.25, 0.3) is 0 Å². The van der Waals surface area contributed by atoms with Gasteiger partial charge in [-0.2, -0.15) is 0 Å². The molecule has 1 atom stereocenters. The third-order valence-electron chi connectivity index (χ3n) is 12.7. The number of rotatable bonds is 21. The van der Waals surface area contributed by atoms with Crippen molar-refractivity contribution in [2.75, 3.05) is 51.6 Å². The SMILES string of the molecule is CN(CCCC(=O)Nc1cccc(CCN(Cc2ccccc2)C[C@H](O[Si](C)(C)C(C)(C)C)c2ccc(OCc3ccccc3)c3[nH]c(=O)ccc23)c1)C(=O)CCN1CCCCC1. The summed E-state index contributed by atoms with van der Waals surface area (Å²) in [7, 11) is -0.475. The van der Waals surface area contributed by atoms with Crippen molar-refractivity contribution in [3.8, 4) is 5.75 Å². The number of carbonyl (C=O) groups is 2. The summed E-state index contributed by atoms with van der Waals surface area (Å²) in [6, 6.07) is 36.2. The first-order valence-corrected chi connectivity index (χ1v) is 25.8. The van der Waals surface area contributed by atoms with Gasteiger partial charge < -0.3 is 29.3 Å². The van der Waals surface area contributed by atoms with E-state index in [1.54, 1.807) is 11.0 Å². The fourth-order valence-electron chi connectivity index (χ4n) is 7.97. The Hall–Kier alpha value is -5.07. The third kappa shape index (κ3) is 14.2. The Morgan fingerprint density at radius 2 is 1.52 bits per heavy atom. The fraction of sp³-hybridized carbons (Fsp3) is 0.442. The van der Waals surface area contributed by atoms with E-state index >= 15 is 0 Å². The van der Waals surface area contributed by atoms with Gasteiger partial charge >= 0.3 is 0 Å². The van der Waals surface area contributed by atoms with Crippen molar-refractivity contribution >= 4 is 36.7 Å². The number of piperidine rings is 1. The minimum atomic E-state index is -2.31. The Morgan fingerprint density at radius 3 is 2.24 bits per heavy atom. The maximum atomic E-state index is 13.1. The molecule has 5 aromatic rings. The molecule has 0 saturated carbocycles. The second kappa shape index (κ2) is 22.5. The van der Waals surface area contributed by atoms with E-state index in [-0.39, 0.29) is 28.5 Å². The van der Waals surface area contributed by atoms with E-state index in [1.807, 2.05) is 67.7 Å². The van der Waals surface area contributed by atoms with Gasteiger partial charge in [-0.05, 0) is 103 Å². The number of anilines is 1. The normalized spacial score (nSPS) is 14.1. The first kappa shape index (κ1) is 47.4. The van der Waals surface area contributed by atoms with Gasteiger partial charge in [0.2, 0.25) is 17.4 Å². The van der Waals surface area contributed by atoms with Crippen molar-refractivity contribution in [1.82, 2.24) is 19.7 Å². The molecule has 0 radical (unpaired) electrons. The zero-order chi connectivity index (χ0) is 44.8. The molecule has 4 aromatic carbocycles. The van der Waals surface area contributed by atoms with Crippen LogP contribution < -0.4 is 15.6 Å². The summed E-state index contributed by atoms with van der Waals surface area (Å²) in [5.41, 5.74) is 5.63. The zero-order valence-corrected chi connectivity index (χ0v) is 39.5. The average molecular weight is 872 g/mol. The van der Waals surface area contributed by atoms with Crippen LogP contribution in [0.15, 0.2) is 114 Å². The number of pyridine rings is 1. The Morgan fingerprint density at radius 1 is 0.825 bits per heavy atom. The minimum absolute atomic E-state index is 0.0385. The number of benzene rings is 4. The maximum absolute atomic E-state index is 13.1. The molecule has 11 heteroatoms. The van der Waals surface area contributed by atoms with Gasteiger partial charge in [0.05, 0.1) is 11.6 Å². The second-order valence-electron chi connectivity index (χ2n) is 18.7. The molecule has 1 aliphatic heterocycles. The van der Waals surface area contributed by atoms with E-state index in [9.17, 15) is 14.4 Å². The van der Waals surface area contributed by atoms with Crippen LogP contribution in [0.1, 0.15) is 87.7 Å². The summed E-state index contributed by atoms with van der Waals surface area (Å²) in [6.45, 7) is 17.4. The first-order chi connectivity index (χ1) is 30.2. The quantitative estimate of drug-likeness (QED) is 0.0708. The van der Waals surface area contributed by atoms with Crippen molar-refractivity contribution in [2.24, 2.45) is 0 Å². The summed E-state index contributed by atoms with van der Waals surface area (Å²) >= 11 is 0. The Kier molecular flexibility index (Phi) is 16.9. The Bertz CT molecular complexity index is 2290. The highest BCUT2D eigenvalue weighted by Gasteiger charge is 2.40. The highest BCUT2D eigenvalue weighted by molar-refractivity contribution is 6.74. The molecule has 2 N–H and O–H groups in total. The number of H-pyrrole nitrogens is 1. The molecule has 1 fully saturated rings. The second-order valence-corrected chi connectivity index (χ2v) is 23.5. The summed E-state index contributed by atoms with van der Waals surface area (Å²) in [5, 5.41) is 3.97. The molecule has 1 aromatic heterocycles. The molecule has 2 amide bonds. The molecular weight excluding hydrogens is 803 g/mol. The van der Waals surface area contributed by atoms with Crippen LogP contribution in [-0.4, -0.2) is 86.1 Å². The summed E-state index contributed by atoms with van der Waals surface area (Å²) in [4.78, 5) is 48.3. The van der Waals surface area contributed by atoms with Gasteiger partial charge in [-0.15, -0.1) is 0 Å². The van der Waals surface area contributed by atoms with Crippen LogP contribution >= 0.6 is 0 Å². The summed E-state index contributed by atoms with van der Waals surface area (Å²) < 4.78 is 13.7. The van der Waals surface area contributed by atoms with E-state index < -0.39 is 8.32 Å². The summed E-state index contributed by atoms with van der Waals surface area (Å²) in [6.07, 6.45) is 5.65. The van der Waals surface area contributed by atoms with Crippen LogP contribution in [0.3, 0.4) is 0 Å². The number of nitrogens with zero attached hydrogens (tertiary/aromatic N) is 3. The van der Waals surface area contributed by atoms with Crippen LogP contribution in [0.25, 0.3) is 10.9 Å². The minimum Gasteiger partial charge on any atom is -0.487 e. The van der Waals surface area contributed by atoms with Crippen molar-refractivity contribution in [3.63, 3.8) is 0 Å². The fourth-order valence-corrected chi connectivity index (χ4v) is 9.24. The third-order valence-corrected chi connectivity index (χ3v) is 17.2. The maximum Gasteiger partial charge on any atom is 0.248 e. The Balaban J connectivity index is 1.16. The largest absolute Gasteiger partial charge is 0.487 e. The molecule has 2 heterocycles. The standard InChI is InChI=1S/C52H69N5O5Si/c1-52(2,3)63(5,6)62-47(44-25-27-46(51-45(44)26-28-49(59)54-51)61-39-42-20-12-8-13-21-42)38-57(37-41-18-10-7-11-19-41)34-29-40-22-16-23-43(36-40)53-48(58)24-17-31-55(4)50(60)30-35-56-32-14-9-15-33-56/h7-8,10-13,16,18-23,25-28,36,47H,9,14-15,17,24,29-35,37-39H2,1-6H3,(H,53,58)(H,54,59)/t47-/m0/s1. The van der Waals surface area contributed by atoms with Gasteiger partial charge in [-0.1, -0.05) is 106 Å². The van der Waals surface area contributed by atoms with Crippen LogP contribution in [0.2, 0.25) is 18.1 Å². The van der Waals surface area contributed by atoms with Crippen LogP contribution in [0.4, 0.5) is 5.69 Å². The number of hydrogen-bond acceptors (Lipinski definition) is 7. The number of aromatic amines is 1. The van der Waals surface area contributed by atoms with Crippen molar-refractivity contribution in [1.29, 1.82) is 0 Å². The highest BCUT2D eigenvalue weighted by Crippen LogP contribution is 2.42. The molecule has 336 valence electrons. The lowest BCUT2D eigenvalue weighted by atomic mass is 10.0. The lowest BCUT2D eigenvalue weighted by Crippen LogP contribution is -2.44. The molecule has 1 saturated heterocycles. The van der Waals surface area contributed by atoms with Crippen molar-refractivity contribution < 1.29 is 18.8 Å². The number of hydrogen-bond donors (Lipinski definition) is 2. The van der Waals surface area contributed by atoms with Crippen molar-refractivity contribution in [3.05, 3.63) is 142 Å². The predicted molar refractivity (Wildman–Crippen MR) is 259 cm³/mol. The van der Waals surface area contributed by atoms with Gasteiger partial charge in [0, 0.05) is 69.8 Å². The average Bonchev–Trinajstić information content (AvgIpc) is 3.27. The number of fused-ring (bicyclic) bond motifs is 1. The number of likely N-dealkylation sites (tertiary alicyclic amines) is 1. The van der Waals surface area contributed by atoms with E-state index in [1.165, 1.54) is 24.8 Å². The van der Waals surface area contributed by atoms with E-state index in [2.05, 4.69) is 96.4 Å². The van der Waals surface area contributed by atoms with Crippen LogP contribution in [0.5, 0.6) is 5.75 Å². The molecule has 6 rings (SSSR count). The van der Waals surface area contributed by atoms with Gasteiger partial charge in [-0.25, -0.2) is 0 Å². The van der Waals surface area contributed by atoms with Gasteiger partial charge in [-0.3, -0.25) is 19.3 Å². The molecule has 0 spiro atoms. The number of amides is 2. The van der Waals surface area contributed by atoms with E-state index in [0.717, 1.165) is 66.9 Å². The molecule has 0 aliphatic carbocycles. The summed E-state index contributed by atoms with van der Waals surface area (Å²) in [5.74, 6) is 0.706. The molecule has 1 aliphatic rings. The number of carbonyl (C=O) groups excluding carboxylic acids is 2. The number of aromatic nitrogens is 1. The number of nitrogens with one attached hydrogen (secondary N) is 2. The smallest absolute Gasteiger partial charge is 0.248 e. The molecular formula is C52H69N5O5Si. The predicted octanol–water partition coefficient (Wildman–Crippen LogP) is 9.97. The van der Waals surface area contributed by atoms with Gasteiger partial charge in [0.1, 0.15) is 12.4 Å². The van der Waals surface area contributed by atoms with Crippen molar-refractivity contribution in [2.45, 2.75) is 103 Å². The monoisotopic (exact) mass is 872 g/mol. The first-order valence-electron chi connectivity index (χ1n) is 22.9. The molecule has 0 unspecified atom stereocenters. The van der Waals surface area contributed by atoms with Gasteiger partial charge in [0.15, 0.2) is 8.32 Å². The zero-order valence-electron chi connectivity index (χ0n) is 38.5. The topological polar surface area (TPSA) is 107 Å². The molecule has 10 nitrogen and oxygen atoms in total. The molecule has 0 bridgehead atoms. The van der Waals surface area contributed by atoms with Crippen LogP contribution in [0, 0.1) is 0 Å². The van der Waals surface area contributed by atoms with E-state index in [4.69, 9.17) is 9.16 Å². The Labute approximate surface area is 376 Å². The number of ether oxygens (including phenoxy) is 1. The highest BCUT2D eigenvalue weighted by atomic mass is 28.4. The lowest BCUT2D eigenvalue weighted by Gasteiger charge is -2.41. The lowest BCUT2D eigenvalue weighted by molar-refractivity contribution is -0.130.